The van der Waals surface area contributed by atoms with Gasteiger partial charge in [0.25, 0.3) is 0 Å². The van der Waals surface area contributed by atoms with Gasteiger partial charge in [0.15, 0.2) is 0 Å². The fourth-order valence-electron chi connectivity index (χ4n) is 2.94. The lowest BCUT2D eigenvalue weighted by atomic mass is 10.0. The summed E-state index contributed by atoms with van der Waals surface area (Å²) in [6.07, 6.45) is 2.00. The molecule has 0 aliphatic carbocycles. The minimum atomic E-state index is 0.825. The van der Waals surface area contributed by atoms with E-state index in [1.165, 1.54) is 0 Å². The molecule has 2 aromatic carbocycles. The van der Waals surface area contributed by atoms with Gasteiger partial charge in [-0.25, -0.2) is 4.98 Å². The Morgan fingerprint density at radius 1 is 1.04 bits per heavy atom. The van der Waals surface area contributed by atoms with Gasteiger partial charge in [0.1, 0.15) is 11.6 Å². The molecule has 2 heterocycles. The number of benzene rings is 2. The molecular weight excluding hydrogens is 310 g/mol. The highest BCUT2D eigenvalue weighted by Crippen LogP contribution is 2.33. The average molecular weight is 329 g/mol. The highest BCUT2D eigenvalue weighted by molar-refractivity contribution is 5.91. The quantitative estimate of drug-likeness (QED) is 0.680. The van der Waals surface area contributed by atoms with Gasteiger partial charge in [-0.1, -0.05) is 30.0 Å². The van der Waals surface area contributed by atoms with Crippen molar-refractivity contribution in [3.05, 3.63) is 70.7 Å². The first-order valence-electron chi connectivity index (χ1n) is 8.20. The first kappa shape index (κ1) is 15.3. The van der Waals surface area contributed by atoms with Crippen LogP contribution in [0.1, 0.15) is 22.5 Å². The number of fused-ring (bicyclic) bond motifs is 1. The van der Waals surface area contributed by atoms with Gasteiger partial charge in [-0.3, -0.25) is 0 Å². The van der Waals surface area contributed by atoms with Crippen molar-refractivity contribution in [1.29, 1.82) is 0 Å². The van der Waals surface area contributed by atoms with Gasteiger partial charge in [0.2, 0.25) is 0 Å². The molecule has 0 radical (unpaired) electrons. The van der Waals surface area contributed by atoms with Crippen molar-refractivity contribution in [1.82, 2.24) is 9.97 Å². The summed E-state index contributed by atoms with van der Waals surface area (Å²) >= 11 is 0. The zero-order valence-electron chi connectivity index (χ0n) is 14.5. The summed E-state index contributed by atoms with van der Waals surface area (Å²) < 4.78 is 5.33. The molecule has 0 atom stereocenters. The topological polar surface area (TPSA) is 49.9 Å². The molecule has 0 unspecified atom stereocenters. The third-order valence-corrected chi connectivity index (χ3v) is 4.47. The standard InChI is InChI=1S/C21H19N3O/c1-13-14(2)23-21(22-13)18-7-5-4-6-17(18)19-11-9-15-8-10-16(25-3)12-20(15)24-19/h4-10,12,24H,1-3H3,(H,22,23). The van der Waals surface area contributed by atoms with Crippen LogP contribution in [0.25, 0.3) is 23.2 Å². The smallest absolute Gasteiger partial charge is 0.138 e. The maximum atomic E-state index is 5.33. The molecule has 1 aliphatic heterocycles. The maximum Gasteiger partial charge on any atom is 0.138 e. The highest BCUT2D eigenvalue weighted by atomic mass is 16.5. The summed E-state index contributed by atoms with van der Waals surface area (Å²) in [6, 6.07) is 14.2. The Kier molecular flexibility index (Phi) is 3.68. The number of ether oxygens (including phenoxy) is 1. The molecule has 0 amide bonds. The van der Waals surface area contributed by atoms with Crippen molar-refractivity contribution >= 4 is 17.5 Å². The molecule has 4 rings (SSSR count). The summed E-state index contributed by atoms with van der Waals surface area (Å²) in [7, 11) is 1.67. The SMILES string of the molecule is COc1ccc2c(c1)NC(c1ccccc1-c1nc(C)c(C)[nH]1)=C=C2. The van der Waals surface area contributed by atoms with Crippen LogP contribution in [0, 0.1) is 13.8 Å². The molecule has 0 saturated heterocycles. The molecule has 3 aromatic rings. The number of aromatic amines is 1. The van der Waals surface area contributed by atoms with E-state index in [4.69, 9.17) is 4.74 Å². The van der Waals surface area contributed by atoms with Gasteiger partial charge in [-0.2, -0.15) is 0 Å². The van der Waals surface area contributed by atoms with Crippen molar-refractivity contribution in [3.63, 3.8) is 0 Å². The molecular formula is C21H19N3O. The number of anilines is 1. The van der Waals surface area contributed by atoms with Crippen LogP contribution in [0.15, 0.2) is 48.2 Å². The van der Waals surface area contributed by atoms with Crippen molar-refractivity contribution in [2.24, 2.45) is 0 Å². The van der Waals surface area contributed by atoms with E-state index >= 15 is 0 Å². The molecule has 0 saturated carbocycles. The van der Waals surface area contributed by atoms with Gasteiger partial charge < -0.3 is 15.0 Å². The van der Waals surface area contributed by atoms with E-state index in [1.54, 1.807) is 7.11 Å². The zero-order valence-corrected chi connectivity index (χ0v) is 14.5. The largest absolute Gasteiger partial charge is 0.497 e. The van der Waals surface area contributed by atoms with Gasteiger partial charge in [0.05, 0.1) is 24.2 Å². The second-order valence-corrected chi connectivity index (χ2v) is 6.08. The number of methoxy groups -OCH3 is 1. The van der Waals surface area contributed by atoms with E-state index in [-0.39, 0.29) is 0 Å². The van der Waals surface area contributed by atoms with Crippen LogP contribution < -0.4 is 10.1 Å². The molecule has 124 valence electrons. The molecule has 4 nitrogen and oxygen atoms in total. The number of aromatic nitrogens is 2. The second kappa shape index (κ2) is 6.00. The summed E-state index contributed by atoms with van der Waals surface area (Å²) in [5.41, 5.74) is 10.6. The van der Waals surface area contributed by atoms with Crippen molar-refractivity contribution in [3.8, 4) is 17.1 Å². The van der Waals surface area contributed by atoms with E-state index in [0.717, 1.165) is 51.0 Å². The number of nitrogens with one attached hydrogen (secondary N) is 2. The minimum absolute atomic E-state index is 0.825. The number of hydrogen-bond donors (Lipinski definition) is 2. The first-order chi connectivity index (χ1) is 12.2. The summed E-state index contributed by atoms with van der Waals surface area (Å²) in [5, 5.41) is 3.47. The van der Waals surface area contributed by atoms with E-state index < -0.39 is 0 Å². The molecule has 1 aliphatic rings. The fraction of sp³-hybridized carbons (Fsp3) is 0.143. The molecule has 2 N–H and O–H groups in total. The van der Waals surface area contributed by atoms with Crippen LogP contribution in [-0.2, 0) is 0 Å². The Hall–Kier alpha value is -3.23. The van der Waals surface area contributed by atoms with Gasteiger partial charge in [0, 0.05) is 28.5 Å². The number of rotatable bonds is 3. The highest BCUT2D eigenvalue weighted by Gasteiger charge is 2.16. The second-order valence-electron chi connectivity index (χ2n) is 6.08. The number of aryl methyl sites for hydroxylation is 2. The molecule has 4 heteroatoms. The Balaban J connectivity index is 1.80. The van der Waals surface area contributed by atoms with Crippen LogP contribution in [-0.4, -0.2) is 17.1 Å². The van der Waals surface area contributed by atoms with E-state index in [0.29, 0.717) is 0 Å². The predicted molar refractivity (Wildman–Crippen MR) is 101 cm³/mol. The average Bonchev–Trinajstić information content (AvgIpc) is 2.99. The van der Waals surface area contributed by atoms with Crippen LogP contribution in [0.3, 0.4) is 0 Å². The minimum Gasteiger partial charge on any atom is -0.497 e. The fourth-order valence-corrected chi connectivity index (χ4v) is 2.94. The van der Waals surface area contributed by atoms with E-state index in [9.17, 15) is 0 Å². The van der Waals surface area contributed by atoms with Gasteiger partial charge >= 0.3 is 0 Å². The molecule has 25 heavy (non-hydrogen) atoms. The Morgan fingerprint density at radius 3 is 2.56 bits per heavy atom. The third-order valence-electron chi connectivity index (χ3n) is 4.47. The lowest BCUT2D eigenvalue weighted by Gasteiger charge is -2.18. The van der Waals surface area contributed by atoms with Crippen LogP contribution in [0.2, 0.25) is 0 Å². The Labute approximate surface area is 146 Å². The van der Waals surface area contributed by atoms with Gasteiger partial charge in [-0.05, 0) is 32.1 Å². The molecule has 0 bridgehead atoms. The molecule has 1 aromatic heterocycles. The van der Waals surface area contributed by atoms with Gasteiger partial charge in [-0.15, -0.1) is 0 Å². The number of nitrogens with zero attached hydrogens (tertiary/aromatic N) is 1. The van der Waals surface area contributed by atoms with Crippen LogP contribution in [0.4, 0.5) is 5.69 Å². The molecule has 0 fully saturated rings. The monoisotopic (exact) mass is 329 g/mol. The number of imidazole rings is 1. The van der Waals surface area contributed by atoms with Crippen molar-refractivity contribution in [2.75, 3.05) is 12.4 Å². The van der Waals surface area contributed by atoms with Crippen LogP contribution >= 0.6 is 0 Å². The van der Waals surface area contributed by atoms with Crippen molar-refractivity contribution in [2.45, 2.75) is 13.8 Å². The Bertz CT molecular complexity index is 1000. The van der Waals surface area contributed by atoms with Crippen LogP contribution in [0.5, 0.6) is 5.75 Å². The summed E-state index contributed by atoms with van der Waals surface area (Å²) in [4.78, 5) is 8.02. The number of hydrogen-bond acceptors (Lipinski definition) is 3. The third kappa shape index (κ3) is 2.73. The lowest BCUT2D eigenvalue weighted by Crippen LogP contribution is -2.04. The van der Waals surface area contributed by atoms with Crippen molar-refractivity contribution < 1.29 is 4.74 Å². The van der Waals surface area contributed by atoms with E-state index in [1.807, 2.05) is 50.3 Å². The van der Waals surface area contributed by atoms with E-state index in [2.05, 4.69) is 33.1 Å². The number of H-pyrrole nitrogens is 1. The predicted octanol–water partition coefficient (Wildman–Crippen LogP) is 4.78. The zero-order chi connectivity index (χ0) is 17.4. The molecule has 0 spiro atoms. The lowest BCUT2D eigenvalue weighted by molar-refractivity contribution is 0.415. The first-order valence-corrected chi connectivity index (χ1v) is 8.20. The summed E-state index contributed by atoms with van der Waals surface area (Å²) in [6.45, 7) is 4.05. The maximum absolute atomic E-state index is 5.33. The normalized spacial score (nSPS) is 12.4. The summed E-state index contributed by atoms with van der Waals surface area (Å²) in [5.74, 6) is 1.70. The Morgan fingerprint density at radius 2 is 1.84 bits per heavy atom.